The number of nitrogens with one attached hydrogen (secondary N) is 2. The van der Waals surface area contributed by atoms with Crippen LogP contribution in [0.25, 0.3) is 0 Å². The van der Waals surface area contributed by atoms with Gasteiger partial charge in [-0.2, -0.15) is 0 Å². The van der Waals surface area contributed by atoms with Gasteiger partial charge in [-0.15, -0.1) is 0 Å². The lowest BCUT2D eigenvalue weighted by atomic mass is 10.2. The minimum absolute atomic E-state index is 0.117. The number of amides is 1. The molecule has 0 saturated carbocycles. The van der Waals surface area contributed by atoms with Gasteiger partial charge in [0.2, 0.25) is 15.9 Å². The molecule has 0 fully saturated rings. The molecule has 0 unspecified atom stereocenters. The maximum absolute atomic E-state index is 12.5. The average molecular weight is 391 g/mol. The first-order chi connectivity index (χ1) is 12.6. The summed E-state index contributed by atoms with van der Waals surface area (Å²) < 4.78 is 30.9. The molecule has 0 aliphatic heterocycles. The van der Waals surface area contributed by atoms with Crippen LogP contribution in [0.4, 0.5) is 11.4 Å². The van der Waals surface area contributed by atoms with Crippen molar-refractivity contribution in [3.63, 3.8) is 0 Å². The highest BCUT2D eigenvalue weighted by atomic mass is 32.2. The van der Waals surface area contributed by atoms with Crippen LogP contribution in [0.1, 0.15) is 12.5 Å². The zero-order valence-corrected chi connectivity index (χ0v) is 16.9. The fourth-order valence-corrected chi connectivity index (χ4v) is 3.38. The molecule has 27 heavy (non-hydrogen) atoms. The minimum atomic E-state index is -3.57. The Labute approximate surface area is 160 Å². The summed E-state index contributed by atoms with van der Waals surface area (Å²) in [5, 5.41) is 5.86. The molecule has 2 aromatic rings. The molecular formula is C19H25N3O4S. The van der Waals surface area contributed by atoms with E-state index in [4.69, 9.17) is 4.74 Å². The van der Waals surface area contributed by atoms with E-state index >= 15 is 0 Å². The second-order valence-electron chi connectivity index (χ2n) is 6.37. The van der Waals surface area contributed by atoms with Crippen LogP contribution in [0.2, 0.25) is 0 Å². The van der Waals surface area contributed by atoms with E-state index in [0.29, 0.717) is 17.1 Å². The van der Waals surface area contributed by atoms with Crippen LogP contribution >= 0.6 is 0 Å². The van der Waals surface area contributed by atoms with Crippen molar-refractivity contribution < 1.29 is 17.9 Å². The third-order valence-electron chi connectivity index (χ3n) is 4.00. The Morgan fingerprint density at radius 2 is 1.85 bits per heavy atom. The summed E-state index contributed by atoms with van der Waals surface area (Å²) >= 11 is 0. The first-order valence-corrected chi connectivity index (χ1v) is 9.84. The fourth-order valence-electron chi connectivity index (χ4n) is 2.43. The van der Waals surface area contributed by atoms with E-state index in [2.05, 4.69) is 10.6 Å². The number of hydrogen-bond acceptors (Lipinski definition) is 5. The predicted octanol–water partition coefficient (Wildman–Crippen LogP) is 2.69. The van der Waals surface area contributed by atoms with Crippen molar-refractivity contribution >= 4 is 27.3 Å². The number of anilines is 2. The third kappa shape index (κ3) is 4.99. The number of benzene rings is 2. The Bertz CT molecular complexity index is 926. The van der Waals surface area contributed by atoms with Gasteiger partial charge in [0.15, 0.2) is 0 Å². The lowest BCUT2D eigenvalue weighted by Crippen LogP contribution is -2.32. The van der Waals surface area contributed by atoms with Crippen LogP contribution in [0, 0.1) is 6.92 Å². The highest BCUT2D eigenvalue weighted by Gasteiger charge is 2.19. The zero-order valence-electron chi connectivity index (χ0n) is 16.1. The lowest BCUT2D eigenvalue weighted by Gasteiger charge is -2.18. The van der Waals surface area contributed by atoms with Gasteiger partial charge < -0.3 is 15.4 Å². The average Bonchev–Trinajstić information content (AvgIpc) is 2.62. The van der Waals surface area contributed by atoms with Crippen molar-refractivity contribution in [2.45, 2.75) is 24.8 Å². The number of hydrogen-bond donors (Lipinski definition) is 2. The molecule has 1 amide bonds. The quantitative estimate of drug-likeness (QED) is 0.758. The molecule has 7 nitrogen and oxygen atoms in total. The minimum Gasteiger partial charge on any atom is -0.495 e. The fraction of sp³-hybridized carbons (Fsp3) is 0.316. The Morgan fingerprint density at radius 1 is 1.15 bits per heavy atom. The molecule has 2 N–H and O–H groups in total. The largest absolute Gasteiger partial charge is 0.495 e. The van der Waals surface area contributed by atoms with Gasteiger partial charge in [-0.1, -0.05) is 12.1 Å². The number of carbonyl (C=O) groups excluding carboxylic acids is 1. The maximum Gasteiger partial charge on any atom is 0.246 e. The molecule has 0 heterocycles. The van der Waals surface area contributed by atoms with Gasteiger partial charge in [-0.3, -0.25) is 4.79 Å². The summed E-state index contributed by atoms with van der Waals surface area (Å²) in [5.74, 6) is 0.345. The van der Waals surface area contributed by atoms with Crippen LogP contribution in [0.15, 0.2) is 47.4 Å². The van der Waals surface area contributed by atoms with Gasteiger partial charge >= 0.3 is 0 Å². The normalized spacial score (nSPS) is 12.5. The Balaban J connectivity index is 2.15. The van der Waals surface area contributed by atoms with Gasteiger partial charge in [0.25, 0.3) is 0 Å². The highest BCUT2D eigenvalue weighted by molar-refractivity contribution is 7.89. The first kappa shape index (κ1) is 20.7. The van der Waals surface area contributed by atoms with Crippen molar-refractivity contribution in [3.8, 4) is 5.75 Å². The van der Waals surface area contributed by atoms with E-state index in [1.165, 1.54) is 26.2 Å². The van der Waals surface area contributed by atoms with Crippen molar-refractivity contribution in [2.75, 3.05) is 31.8 Å². The van der Waals surface area contributed by atoms with E-state index in [9.17, 15) is 13.2 Å². The lowest BCUT2D eigenvalue weighted by molar-refractivity contribution is -0.116. The van der Waals surface area contributed by atoms with Crippen LogP contribution < -0.4 is 15.4 Å². The van der Waals surface area contributed by atoms with E-state index in [1.807, 2.05) is 25.1 Å². The molecular weight excluding hydrogens is 366 g/mol. The van der Waals surface area contributed by atoms with Gasteiger partial charge in [-0.05, 0) is 49.7 Å². The topological polar surface area (TPSA) is 87.7 Å². The Hall–Kier alpha value is -2.58. The number of nitrogens with zero attached hydrogens (tertiary/aromatic N) is 1. The summed E-state index contributed by atoms with van der Waals surface area (Å²) in [6, 6.07) is 11.3. The summed E-state index contributed by atoms with van der Waals surface area (Å²) in [6.45, 7) is 3.67. The number of aryl methyl sites for hydroxylation is 1. The molecule has 146 valence electrons. The first-order valence-electron chi connectivity index (χ1n) is 8.40. The SMILES string of the molecule is COc1ccc(C)cc1N[C@H](C)C(=O)Nc1cccc(S(=O)(=O)N(C)C)c1. The molecule has 0 radical (unpaired) electrons. The number of sulfonamides is 1. The summed E-state index contributed by atoms with van der Waals surface area (Å²) in [4.78, 5) is 12.6. The molecule has 0 spiro atoms. The van der Waals surface area contributed by atoms with Crippen LogP contribution in [0.3, 0.4) is 0 Å². The molecule has 2 rings (SSSR count). The summed E-state index contributed by atoms with van der Waals surface area (Å²) in [7, 11) is 0.919. The predicted molar refractivity (Wildman–Crippen MR) is 107 cm³/mol. The number of rotatable bonds is 7. The van der Waals surface area contributed by atoms with Gasteiger partial charge in [0, 0.05) is 19.8 Å². The molecule has 0 aliphatic rings. The van der Waals surface area contributed by atoms with Crippen molar-refractivity contribution in [2.24, 2.45) is 0 Å². The van der Waals surface area contributed by atoms with Crippen molar-refractivity contribution in [1.82, 2.24) is 4.31 Å². The number of methoxy groups -OCH3 is 1. The third-order valence-corrected chi connectivity index (χ3v) is 5.81. The van der Waals surface area contributed by atoms with Crippen LogP contribution in [-0.4, -0.2) is 45.9 Å². The van der Waals surface area contributed by atoms with E-state index in [0.717, 1.165) is 9.87 Å². The van der Waals surface area contributed by atoms with E-state index < -0.39 is 16.1 Å². The second-order valence-corrected chi connectivity index (χ2v) is 8.53. The Kier molecular flexibility index (Phi) is 6.45. The van der Waals surface area contributed by atoms with E-state index in [-0.39, 0.29) is 10.8 Å². The van der Waals surface area contributed by atoms with E-state index in [1.54, 1.807) is 26.2 Å². The smallest absolute Gasteiger partial charge is 0.246 e. The van der Waals surface area contributed by atoms with Gasteiger partial charge in [0.05, 0.1) is 17.7 Å². The molecule has 0 saturated heterocycles. The number of ether oxygens (including phenoxy) is 1. The van der Waals surface area contributed by atoms with Crippen molar-refractivity contribution in [1.29, 1.82) is 0 Å². The standard InChI is InChI=1S/C19H25N3O4S/c1-13-9-10-18(26-5)17(11-13)20-14(2)19(23)21-15-7-6-8-16(12-15)27(24,25)22(3)4/h6-12,14,20H,1-5H3,(H,21,23)/t14-/m1/s1. The summed E-state index contributed by atoms with van der Waals surface area (Å²) in [5.41, 5.74) is 2.16. The zero-order chi connectivity index (χ0) is 20.2. The summed E-state index contributed by atoms with van der Waals surface area (Å²) in [6.07, 6.45) is 0. The van der Waals surface area contributed by atoms with Gasteiger partial charge in [0.1, 0.15) is 11.8 Å². The number of carbonyl (C=O) groups is 1. The monoisotopic (exact) mass is 391 g/mol. The van der Waals surface area contributed by atoms with Crippen molar-refractivity contribution in [3.05, 3.63) is 48.0 Å². The molecule has 0 aromatic heterocycles. The molecule has 2 aromatic carbocycles. The van der Waals surface area contributed by atoms with Crippen LogP contribution in [0.5, 0.6) is 5.75 Å². The maximum atomic E-state index is 12.5. The molecule has 0 bridgehead atoms. The van der Waals surface area contributed by atoms with Gasteiger partial charge in [-0.25, -0.2) is 12.7 Å². The molecule has 8 heteroatoms. The molecule has 0 aliphatic carbocycles. The van der Waals surface area contributed by atoms with Crippen LogP contribution in [-0.2, 0) is 14.8 Å². The highest BCUT2D eigenvalue weighted by Crippen LogP contribution is 2.26. The molecule has 1 atom stereocenters. The second kappa shape index (κ2) is 8.41. The Morgan fingerprint density at radius 3 is 2.48 bits per heavy atom.